The molecule has 92 valence electrons. The smallest absolute Gasteiger partial charge is 0.138 e. The van der Waals surface area contributed by atoms with Gasteiger partial charge in [0.25, 0.3) is 0 Å². The standard InChI is InChI=1S/C14H18ClNO/c1-9-5-6-11(15)12-10(8-17-13(9)12)7-16-14(2,3)4/h5-6,8,16H,7H2,1-4H3. The molecule has 1 aromatic carbocycles. The van der Waals surface area contributed by atoms with Crippen LogP contribution in [-0.2, 0) is 6.54 Å². The first-order valence-electron chi connectivity index (χ1n) is 5.79. The summed E-state index contributed by atoms with van der Waals surface area (Å²) in [7, 11) is 0. The Morgan fingerprint density at radius 2 is 2.00 bits per heavy atom. The van der Waals surface area contributed by atoms with Gasteiger partial charge in [0.1, 0.15) is 5.58 Å². The van der Waals surface area contributed by atoms with Crippen LogP contribution in [0.25, 0.3) is 11.0 Å². The number of benzene rings is 1. The number of nitrogens with one attached hydrogen (secondary N) is 1. The number of furan rings is 1. The highest BCUT2D eigenvalue weighted by atomic mass is 35.5. The van der Waals surface area contributed by atoms with Gasteiger partial charge in [-0.2, -0.15) is 0 Å². The summed E-state index contributed by atoms with van der Waals surface area (Å²) in [5.74, 6) is 0. The van der Waals surface area contributed by atoms with Crippen molar-refractivity contribution in [3.05, 3.63) is 34.5 Å². The molecule has 0 unspecified atom stereocenters. The molecule has 0 amide bonds. The van der Waals surface area contributed by atoms with Gasteiger partial charge in [0.2, 0.25) is 0 Å². The van der Waals surface area contributed by atoms with E-state index in [1.807, 2.05) is 19.1 Å². The first-order chi connectivity index (χ1) is 7.88. The zero-order chi connectivity index (χ0) is 12.6. The van der Waals surface area contributed by atoms with E-state index in [4.69, 9.17) is 16.0 Å². The Kier molecular flexibility index (Phi) is 3.19. The summed E-state index contributed by atoms with van der Waals surface area (Å²) in [5.41, 5.74) is 3.21. The fourth-order valence-electron chi connectivity index (χ4n) is 1.79. The van der Waals surface area contributed by atoms with Gasteiger partial charge in [-0.1, -0.05) is 17.7 Å². The number of hydrogen-bond donors (Lipinski definition) is 1. The van der Waals surface area contributed by atoms with Gasteiger partial charge in [0, 0.05) is 23.0 Å². The quantitative estimate of drug-likeness (QED) is 0.862. The maximum absolute atomic E-state index is 6.24. The second-order valence-electron chi connectivity index (χ2n) is 5.43. The zero-order valence-corrected chi connectivity index (χ0v) is 11.5. The average Bonchev–Trinajstić information content (AvgIpc) is 2.64. The Balaban J connectivity index is 2.39. The van der Waals surface area contributed by atoms with Crippen LogP contribution in [0.15, 0.2) is 22.8 Å². The second kappa shape index (κ2) is 4.35. The van der Waals surface area contributed by atoms with E-state index in [-0.39, 0.29) is 5.54 Å². The number of hydrogen-bond acceptors (Lipinski definition) is 2. The molecule has 3 heteroatoms. The maximum Gasteiger partial charge on any atom is 0.138 e. The summed E-state index contributed by atoms with van der Waals surface area (Å²) in [6.45, 7) is 9.22. The van der Waals surface area contributed by atoms with E-state index in [1.165, 1.54) is 0 Å². The first kappa shape index (κ1) is 12.5. The van der Waals surface area contributed by atoms with E-state index in [9.17, 15) is 0 Å². The molecule has 0 spiro atoms. The number of aryl methyl sites for hydroxylation is 1. The van der Waals surface area contributed by atoms with Crippen molar-refractivity contribution in [2.45, 2.75) is 39.8 Å². The molecular formula is C14H18ClNO. The predicted molar refractivity (Wildman–Crippen MR) is 72.6 cm³/mol. The SMILES string of the molecule is Cc1ccc(Cl)c2c(CNC(C)(C)C)coc12. The van der Waals surface area contributed by atoms with Crippen LogP contribution in [0.3, 0.4) is 0 Å². The minimum Gasteiger partial charge on any atom is -0.464 e. The third-order valence-electron chi connectivity index (χ3n) is 2.75. The molecule has 0 bridgehead atoms. The van der Waals surface area contributed by atoms with Crippen molar-refractivity contribution in [1.29, 1.82) is 0 Å². The van der Waals surface area contributed by atoms with Crippen LogP contribution in [0.5, 0.6) is 0 Å². The molecule has 2 aromatic rings. The fraction of sp³-hybridized carbons (Fsp3) is 0.429. The Morgan fingerprint density at radius 1 is 1.29 bits per heavy atom. The first-order valence-corrected chi connectivity index (χ1v) is 6.16. The molecule has 0 fully saturated rings. The van der Waals surface area contributed by atoms with Crippen LogP contribution in [0.1, 0.15) is 31.9 Å². The molecule has 1 aromatic heterocycles. The largest absolute Gasteiger partial charge is 0.464 e. The van der Waals surface area contributed by atoms with Crippen LogP contribution in [0, 0.1) is 6.92 Å². The van der Waals surface area contributed by atoms with Gasteiger partial charge in [-0.25, -0.2) is 0 Å². The molecule has 0 aliphatic rings. The highest BCUT2D eigenvalue weighted by molar-refractivity contribution is 6.35. The Hall–Kier alpha value is -0.990. The zero-order valence-electron chi connectivity index (χ0n) is 10.7. The van der Waals surface area contributed by atoms with E-state index in [0.717, 1.165) is 33.7 Å². The third kappa shape index (κ3) is 2.64. The molecule has 0 radical (unpaired) electrons. The predicted octanol–water partition coefficient (Wildman–Crippen LogP) is 4.28. The lowest BCUT2D eigenvalue weighted by Gasteiger charge is -2.20. The van der Waals surface area contributed by atoms with Crippen molar-refractivity contribution in [2.24, 2.45) is 0 Å². The Labute approximate surface area is 107 Å². The normalized spacial score (nSPS) is 12.3. The third-order valence-corrected chi connectivity index (χ3v) is 3.07. The van der Waals surface area contributed by atoms with Crippen LogP contribution < -0.4 is 5.32 Å². The van der Waals surface area contributed by atoms with E-state index in [1.54, 1.807) is 6.26 Å². The topological polar surface area (TPSA) is 25.2 Å². The highest BCUT2D eigenvalue weighted by Crippen LogP contribution is 2.31. The minimum absolute atomic E-state index is 0.0832. The summed E-state index contributed by atoms with van der Waals surface area (Å²) >= 11 is 6.24. The molecule has 0 atom stereocenters. The van der Waals surface area contributed by atoms with Crippen molar-refractivity contribution in [2.75, 3.05) is 0 Å². The monoisotopic (exact) mass is 251 g/mol. The summed E-state index contributed by atoms with van der Waals surface area (Å²) in [5, 5.41) is 5.23. The molecule has 0 aliphatic carbocycles. The Morgan fingerprint density at radius 3 is 2.65 bits per heavy atom. The van der Waals surface area contributed by atoms with Crippen LogP contribution in [0.4, 0.5) is 0 Å². The molecule has 0 saturated carbocycles. The Bertz CT molecular complexity index is 537. The lowest BCUT2D eigenvalue weighted by Crippen LogP contribution is -2.34. The summed E-state index contributed by atoms with van der Waals surface area (Å²) < 4.78 is 5.60. The molecule has 2 nitrogen and oxygen atoms in total. The van der Waals surface area contributed by atoms with Gasteiger partial charge in [-0.05, 0) is 39.3 Å². The number of halogens is 1. The van der Waals surface area contributed by atoms with Gasteiger partial charge >= 0.3 is 0 Å². The van der Waals surface area contributed by atoms with Crippen LogP contribution in [-0.4, -0.2) is 5.54 Å². The minimum atomic E-state index is 0.0832. The van der Waals surface area contributed by atoms with Gasteiger partial charge in [0.05, 0.1) is 11.3 Å². The van der Waals surface area contributed by atoms with Crippen molar-refractivity contribution in [3.63, 3.8) is 0 Å². The molecule has 2 rings (SSSR count). The van der Waals surface area contributed by atoms with Crippen LogP contribution in [0.2, 0.25) is 5.02 Å². The van der Waals surface area contributed by atoms with Gasteiger partial charge < -0.3 is 9.73 Å². The summed E-state index contributed by atoms with van der Waals surface area (Å²) in [6.07, 6.45) is 1.79. The van der Waals surface area contributed by atoms with Gasteiger partial charge in [0.15, 0.2) is 0 Å². The van der Waals surface area contributed by atoms with E-state index >= 15 is 0 Å². The average molecular weight is 252 g/mol. The fourth-order valence-corrected chi connectivity index (χ4v) is 2.06. The molecule has 0 saturated heterocycles. The van der Waals surface area contributed by atoms with E-state index < -0.39 is 0 Å². The number of rotatable bonds is 2. The van der Waals surface area contributed by atoms with Gasteiger partial charge in [-0.15, -0.1) is 0 Å². The van der Waals surface area contributed by atoms with Gasteiger partial charge in [-0.3, -0.25) is 0 Å². The van der Waals surface area contributed by atoms with Crippen LogP contribution >= 0.6 is 11.6 Å². The van der Waals surface area contributed by atoms with Crippen molar-refractivity contribution in [3.8, 4) is 0 Å². The molecular weight excluding hydrogens is 234 g/mol. The summed E-state index contributed by atoms with van der Waals surface area (Å²) in [4.78, 5) is 0. The number of fused-ring (bicyclic) bond motifs is 1. The molecule has 1 N–H and O–H groups in total. The lowest BCUT2D eigenvalue weighted by atomic mass is 10.1. The van der Waals surface area contributed by atoms with Crippen molar-refractivity contribution in [1.82, 2.24) is 5.32 Å². The second-order valence-corrected chi connectivity index (χ2v) is 5.84. The van der Waals surface area contributed by atoms with E-state index in [2.05, 4.69) is 26.1 Å². The maximum atomic E-state index is 6.24. The van der Waals surface area contributed by atoms with Crippen molar-refractivity contribution < 1.29 is 4.42 Å². The molecule has 1 heterocycles. The molecule has 17 heavy (non-hydrogen) atoms. The van der Waals surface area contributed by atoms with Crippen molar-refractivity contribution >= 4 is 22.6 Å². The highest BCUT2D eigenvalue weighted by Gasteiger charge is 2.14. The summed E-state index contributed by atoms with van der Waals surface area (Å²) in [6, 6.07) is 3.91. The molecule has 0 aliphatic heterocycles. The lowest BCUT2D eigenvalue weighted by molar-refractivity contribution is 0.423. The van der Waals surface area contributed by atoms with E-state index in [0.29, 0.717) is 0 Å².